The van der Waals surface area contributed by atoms with Crippen LogP contribution in [0.3, 0.4) is 0 Å². The largest absolute Gasteiger partial charge is 0.493 e. The molecule has 0 saturated heterocycles. The van der Waals surface area contributed by atoms with E-state index in [4.69, 9.17) is 26.1 Å². The van der Waals surface area contributed by atoms with E-state index in [0.717, 1.165) is 57.5 Å². The summed E-state index contributed by atoms with van der Waals surface area (Å²) < 4.78 is 12.5. The molecule has 0 unspecified atom stereocenters. The van der Waals surface area contributed by atoms with Crippen molar-refractivity contribution in [2.24, 2.45) is 4.99 Å². The number of halogens is 2. The lowest BCUT2D eigenvalue weighted by atomic mass is 9.96. The van der Waals surface area contributed by atoms with E-state index in [0.29, 0.717) is 28.7 Å². The van der Waals surface area contributed by atoms with Crippen molar-refractivity contribution in [3.8, 4) is 11.5 Å². The summed E-state index contributed by atoms with van der Waals surface area (Å²) in [7, 11) is 1.61. The van der Waals surface area contributed by atoms with Gasteiger partial charge in [0.2, 0.25) is 0 Å². The molecule has 1 heterocycles. The fraction of sp³-hybridized carbons (Fsp3) is 0.250. The minimum atomic E-state index is -0.110. The molecule has 1 aromatic heterocycles. The number of ether oxygens (including phenoxy) is 2. The minimum absolute atomic E-state index is 0.110. The van der Waals surface area contributed by atoms with Gasteiger partial charge in [0.25, 0.3) is 5.91 Å². The second kappa shape index (κ2) is 13.5. The normalized spacial score (nSPS) is 13.4. The third-order valence-corrected chi connectivity index (χ3v) is 8.83. The van der Waals surface area contributed by atoms with Crippen LogP contribution >= 0.6 is 38.9 Å². The van der Waals surface area contributed by atoms with E-state index in [-0.39, 0.29) is 5.91 Å². The molecule has 1 aliphatic rings. The Hall–Kier alpha value is -3.13. The molecule has 0 radical (unpaired) electrons. The number of amides is 1. The van der Waals surface area contributed by atoms with Crippen molar-refractivity contribution in [2.75, 3.05) is 12.4 Å². The molecule has 0 fully saturated rings. The zero-order valence-electron chi connectivity index (χ0n) is 22.2. The van der Waals surface area contributed by atoms with Crippen LogP contribution in [0.1, 0.15) is 57.6 Å². The van der Waals surface area contributed by atoms with Gasteiger partial charge >= 0.3 is 0 Å². The molecule has 4 aromatic rings. The number of nitrogens with zero attached hydrogens (tertiary/aromatic N) is 1. The predicted molar refractivity (Wildman–Crippen MR) is 168 cm³/mol. The molecule has 0 saturated carbocycles. The molecular weight excluding hydrogens is 608 g/mol. The Morgan fingerprint density at radius 2 is 1.80 bits per heavy atom. The second-order valence-electron chi connectivity index (χ2n) is 9.63. The van der Waals surface area contributed by atoms with E-state index in [1.54, 1.807) is 24.7 Å². The monoisotopic (exact) mass is 636 g/mol. The van der Waals surface area contributed by atoms with E-state index < -0.39 is 0 Å². The van der Waals surface area contributed by atoms with E-state index >= 15 is 0 Å². The predicted octanol–water partition coefficient (Wildman–Crippen LogP) is 9.41. The summed E-state index contributed by atoms with van der Waals surface area (Å²) in [4.78, 5) is 19.7. The average molecular weight is 638 g/mol. The van der Waals surface area contributed by atoms with Crippen LogP contribution in [-0.2, 0) is 19.4 Å². The Morgan fingerprint density at radius 1 is 1.05 bits per heavy atom. The van der Waals surface area contributed by atoms with Gasteiger partial charge in [0, 0.05) is 21.8 Å². The molecule has 3 aromatic carbocycles. The number of carbonyl (C=O) groups excluding carboxylic acids is 1. The van der Waals surface area contributed by atoms with Crippen molar-refractivity contribution in [1.29, 1.82) is 0 Å². The summed E-state index contributed by atoms with van der Waals surface area (Å²) in [5.41, 5.74) is 4.44. The maximum absolute atomic E-state index is 13.6. The fourth-order valence-corrected chi connectivity index (χ4v) is 6.70. The zero-order valence-corrected chi connectivity index (χ0v) is 25.4. The smallest absolute Gasteiger partial charge is 0.259 e. The number of fused-ring (bicyclic) bond motifs is 1. The number of hydrogen-bond acceptors (Lipinski definition) is 5. The molecule has 0 aliphatic heterocycles. The van der Waals surface area contributed by atoms with E-state index in [1.165, 1.54) is 17.7 Å². The number of anilines is 1. The molecule has 1 aliphatic carbocycles. The summed E-state index contributed by atoms with van der Waals surface area (Å²) in [6.07, 6.45) is 8.31. The zero-order chi connectivity index (χ0) is 27.9. The summed E-state index contributed by atoms with van der Waals surface area (Å²) in [6.45, 7) is 0.375. The molecule has 0 bridgehead atoms. The van der Waals surface area contributed by atoms with Crippen molar-refractivity contribution in [2.45, 2.75) is 45.1 Å². The van der Waals surface area contributed by atoms with Crippen LogP contribution in [0, 0.1) is 0 Å². The highest BCUT2D eigenvalue weighted by Gasteiger charge is 2.24. The summed E-state index contributed by atoms with van der Waals surface area (Å²) in [5.74, 6) is 1.09. The number of para-hydroxylation sites is 1. The van der Waals surface area contributed by atoms with Crippen LogP contribution in [0.2, 0.25) is 5.02 Å². The maximum Gasteiger partial charge on any atom is 0.259 e. The highest BCUT2D eigenvalue weighted by molar-refractivity contribution is 9.10. The first-order chi connectivity index (χ1) is 19.5. The molecule has 1 amide bonds. The van der Waals surface area contributed by atoms with Gasteiger partial charge in [-0.25, -0.2) is 4.99 Å². The maximum atomic E-state index is 13.6. The van der Waals surface area contributed by atoms with Gasteiger partial charge in [-0.1, -0.05) is 54.8 Å². The lowest BCUT2D eigenvalue weighted by molar-refractivity contribution is 0.102. The van der Waals surface area contributed by atoms with Crippen LogP contribution in [0.25, 0.3) is 0 Å². The number of thiophene rings is 1. The van der Waals surface area contributed by atoms with Crippen molar-refractivity contribution >= 4 is 61.7 Å². The van der Waals surface area contributed by atoms with Gasteiger partial charge in [-0.15, -0.1) is 11.3 Å². The number of benzene rings is 3. The second-order valence-corrected chi connectivity index (χ2v) is 12.0. The first kappa shape index (κ1) is 28.4. The SMILES string of the molecule is COc1cc(C=Nc2sc3c(c2C(=O)Nc2ccccc2)CCCCCC3)cc(Br)c1OCc1ccc(Cl)cc1. The van der Waals surface area contributed by atoms with Crippen LogP contribution in [0.15, 0.2) is 76.2 Å². The third-order valence-electron chi connectivity index (χ3n) is 6.79. The lowest BCUT2D eigenvalue weighted by Crippen LogP contribution is -2.14. The number of nitrogens with one attached hydrogen (secondary N) is 1. The molecule has 40 heavy (non-hydrogen) atoms. The molecule has 0 atom stereocenters. The van der Waals surface area contributed by atoms with Crippen LogP contribution in [0.4, 0.5) is 10.7 Å². The van der Waals surface area contributed by atoms with E-state index in [1.807, 2.05) is 66.7 Å². The molecule has 0 spiro atoms. The fourth-order valence-electron chi connectivity index (χ4n) is 4.77. The average Bonchev–Trinajstić information content (AvgIpc) is 3.28. The van der Waals surface area contributed by atoms with Gasteiger partial charge in [0.05, 0.1) is 17.1 Å². The number of carbonyl (C=O) groups is 1. The van der Waals surface area contributed by atoms with Crippen molar-refractivity contribution in [3.63, 3.8) is 0 Å². The van der Waals surface area contributed by atoms with Crippen LogP contribution in [-0.4, -0.2) is 19.2 Å². The van der Waals surface area contributed by atoms with Crippen LogP contribution in [0.5, 0.6) is 11.5 Å². The van der Waals surface area contributed by atoms with E-state index in [9.17, 15) is 4.79 Å². The quantitative estimate of drug-likeness (QED) is 0.196. The summed E-state index contributed by atoms with van der Waals surface area (Å²) in [6, 6.07) is 20.9. The minimum Gasteiger partial charge on any atom is -0.493 e. The Kier molecular flexibility index (Phi) is 9.57. The van der Waals surface area contributed by atoms with Gasteiger partial charge in [0.15, 0.2) is 11.5 Å². The molecule has 8 heteroatoms. The van der Waals surface area contributed by atoms with Crippen LogP contribution < -0.4 is 14.8 Å². The lowest BCUT2D eigenvalue weighted by Gasteiger charge is -2.13. The number of rotatable bonds is 8. The van der Waals surface area contributed by atoms with E-state index in [2.05, 4.69) is 21.2 Å². The highest BCUT2D eigenvalue weighted by atomic mass is 79.9. The van der Waals surface area contributed by atoms with Crippen molar-refractivity contribution in [3.05, 3.63) is 103 Å². The van der Waals surface area contributed by atoms with Gasteiger partial charge < -0.3 is 14.8 Å². The molecular formula is C32H30BrClN2O3S. The Morgan fingerprint density at radius 3 is 2.55 bits per heavy atom. The van der Waals surface area contributed by atoms with Crippen molar-refractivity contribution < 1.29 is 14.3 Å². The summed E-state index contributed by atoms with van der Waals surface area (Å²) >= 11 is 11.3. The molecule has 1 N–H and O–H groups in total. The van der Waals surface area contributed by atoms with Gasteiger partial charge in [-0.05, 0) is 94.7 Å². The Balaban J connectivity index is 1.42. The van der Waals surface area contributed by atoms with Gasteiger partial charge in [-0.3, -0.25) is 4.79 Å². The number of aliphatic imine (C=N–C) groups is 1. The molecule has 5 nitrogen and oxygen atoms in total. The number of methoxy groups -OCH3 is 1. The molecule has 5 rings (SSSR count). The third kappa shape index (κ3) is 6.95. The van der Waals surface area contributed by atoms with Crippen molar-refractivity contribution in [1.82, 2.24) is 0 Å². The number of aryl methyl sites for hydroxylation is 1. The Bertz CT molecular complexity index is 1500. The highest BCUT2D eigenvalue weighted by Crippen LogP contribution is 2.40. The van der Waals surface area contributed by atoms with Gasteiger partial charge in [-0.2, -0.15) is 0 Å². The molecule has 206 valence electrons. The van der Waals surface area contributed by atoms with Gasteiger partial charge in [0.1, 0.15) is 11.6 Å². The first-order valence-electron chi connectivity index (χ1n) is 13.3. The Labute approximate surface area is 252 Å². The first-order valence-corrected chi connectivity index (χ1v) is 15.3. The number of hydrogen-bond donors (Lipinski definition) is 1. The standard InChI is InChI=1S/C32H30BrClN2O3S/c1-38-27-18-22(17-26(33)30(27)39-20-21-13-15-23(34)16-14-21)19-35-32-29(31(37)36-24-9-5-4-6-10-24)25-11-7-2-3-8-12-28(25)40-32/h4-6,9-10,13-19H,2-3,7-8,11-12,20H2,1H3,(H,36,37). The topological polar surface area (TPSA) is 59.9 Å². The summed E-state index contributed by atoms with van der Waals surface area (Å²) in [5, 5.41) is 4.50.